The van der Waals surface area contributed by atoms with E-state index in [1.807, 2.05) is 0 Å². The first-order valence-corrected chi connectivity index (χ1v) is 7.79. The highest BCUT2D eigenvalue weighted by Crippen LogP contribution is 2.29. The summed E-state index contributed by atoms with van der Waals surface area (Å²) in [5, 5.41) is 5.44. The van der Waals surface area contributed by atoms with Crippen LogP contribution in [0.3, 0.4) is 0 Å². The van der Waals surface area contributed by atoms with Crippen molar-refractivity contribution in [2.75, 3.05) is 35.7 Å². The van der Waals surface area contributed by atoms with Gasteiger partial charge in [-0.3, -0.25) is 4.21 Å². The Morgan fingerprint density at radius 3 is 2.55 bits per heavy atom. The molecule has 0 aromatic carbocycles. The van der Waals surface area contributed by atoms with Crippen molar-refractivity contribution >= 4 is 22.6 Å². The first kappa shape index (κ1) is 16.7. The standard InChI is InChI=1S/C11H17F3N4OS/c1-3-15-10-17-8(11(12,13)14)7-9(18-10)16-5-4-6-20(2)19/h7H,3-6H2,1-2H3,(H2,15,16,17,18). The zero-order valence-corrected chi connectivity index (χ0v) is 12.1. The zero-order valence-electron chi connectivity index (χ0n) is 11.3. The van der Waals surface area contributed by atoms with Gasteiger partial charge in [-0.1, -0.05) is 0 Å². The van der Waals surface area contributed by atoms with Crippen LogP contribution in [0.5, 0.6) is 0 Å². The van der Waals surface area contributed by atoms with E-state index in [0.717, 1.165) is 6.07 Å². The van der Waals surface area contributed by atoms with E-state index in [9.17, 15) is 17.4 Å². The number of nitrogens with one attached hydrogen (secondary N) is 2. The molecule has 1 atom stereocenters. The second-order valence-corrected chi connectivity index (χ2v) is 5.60. The molecular formula is C11H17F3N4OS. The molecule has 0 spiro atoms. The fourth-order valence-corrected chi connectivity index (χ4v) is 1.96. The maximum atomic E-state index is 12.7. The highest BCUT2D eigenvalue weighted by atomic mass is 32.2. The van der Waals surface area contributed by atoms with Crippen LogP contribution in [0.1, 0.15) is 19.0 Å². The van der Waals surface area contributed by atoms with E-state index < -0.39 is 22.7 Å². The Balaban J connectivity index is 2.78. The third kappa shape index (κ3) is 5.72. The van der Waals surface area contributed by atoms with E-state index in [0.29, 0.717) is 25.3 Å². The molecule has 1 heterocycles. The van der Waals surface area contributed by atoms with Gasteiger partial charge in [-0.05, 0) is 13.3 Å². The molecular weight excluding hydrogens is 293 g/mol. The van der Waals surface area contributed by atoms with E-state index in [1.165, 1.54) is 0 Å². The van der Waals surface area contributed by atoms with E-state index in [1.54, 1.807) is 13.2 Å². The number of alkyl halides is 3. The van der Waals surface area contributed by atoms with Crippen molar-refractivity contribution in [2.24, 2.45) is 0 Å². The Labute approximate surface area is 117 Å². The minimum absolute atomic E-state index is 0.0658. The predicted octanol–water partition coefficient (Wildman–Crippen LogP) is 2.11. The molecule has 0 bridgehead atoms. The van der Waals surface area contributed by atoms with Crippen LogP contribution in [0.15, 0.2) is 6.07 Å². The van der Waals surface area contributed by atoms with Gasteiger partial charge in [0, 0.05) is 42.0 Å². The molecule has 1 unspecified atom stereocenters. The van der Waals surface area contributed by atoms with Crippen molar-refractivity contribution in [3.8, 4) is 0 Å². The monoisotopic (exact) mass is 310 g/mol. The summed E-state index contributed by atoms with van der Waals surface area (Å²) >= 11 is 0. The Kier molecular flexibility index (Phi) is 6.18. The van der Waals surface area contributed by atoms with Gasteiger partial charge in [0.1, 0.15) is 5.82 Å². The third-order valence-corrected chi connectivity index (χ3v) is 3.13. The molecule has 0 amide bonds. The number of rotatable bonds is 7. The first-order chi connectivity index (χ1) is 9.32. The lowest BCUT2D eigenvalue weighted by atomic mass is 10.3. The van der Waals surface area contributed by atoms with Gasteiger partial charge < -0.3 is 10.6 Å². The van der Waals surface area contributed by atoms with Gasteiger partial charge in [-0.15, -0.1) is 0 Å². The molecule has 0 aliphatic heterocycles. The highest BCUT2D eigenvalue weighted by Gasteiger charge is 2.33. The van der Waals surface area contributed by atoms with Gasteiger partial charge in [0.2, 0.25) is 5.95 Å². The lowest BCUT2D eigenvalue weighted by Gasteiger charge is -2.12. The largest absolute Gasteiger partial charge is 0.433 e. The van der Waals surface area contributed by atoms with E-state index in [2.05, 4.69) is 20.6 Å². The first-order valence-electron chi connectivity index (χ1n) is 6.07. The Morgan fingerprint density at radius 2 is 2.00 bits per heavy atom. The Morgan fingerprint density at radius 1 is 1.30 bits per heavy atom. The van der Waals surface area contributed by atoms with E-state index >= 15 is 0 Å². The molecule has 1 aromatic rings. The van der Waals surface area contributed by atoms with Crippen LogP contribution >= 0.6 is 0 Å². The normalized spacial score (nSPS) is 13.1. The molecule has 0 saturated heterocycles. The summed E-state index contributed by atoms with van der Waals surface area (Å²) in [6.07, 6.45) is -2.35. The number of hydrogen-bond donors (Lipinski definition) is 2. The minimum Gasteiger partial charge on any atom is -0.370 e. The molecule has 1 aromatic heterocycles. The van der Waals surface area contributed by atoms with Crippen molar-refractivity contribution in [1.82, 2.24) is 9.97 Å². The fraction of sp³-hybridized carbons (Fsp3) is 0.636. The molecule has 1 rings (SSSR count). The molecule has 0 saturated carbocycles. The number of aromatic nitrogens is 2. The average molecular weight is 310 g/mol. The van der Waals surface area contributed by atoms with Gasteiger partial charge in [-0.2, -0.15) is 18.2 Å². The average Bonchev–Trinajstić information content (AvgIpc) is 2.33. The lowest BCUT2D eigenvalue weighted by molar-refractivity contribution is -0.141. The van der Waals surface area contributed by atoms with Gasteiger partial charge >= 0.3 is 6.18 Å². The summed E-state index contributed by atoms with van der Waals surface area (Å²) in [4.78, 5) is 7.36. The highest BCUT2D eigenvalue weighted by molar-refractivity contribution is 7.84. The van der Waals surface area contributed by atoms with Crippen molar-refractivity contribution in [3.05, 3.63) is 11.8 Å². The molecule has 0 aliphatic rings. The van der Waals surface area contributed by atoms with Crippen LogP contribution in [0.4, 0.5) is 24.9 Å². The molecule has 114 valence electrons. The number of nitrogens with zero attached hydrogens (tertiary/aromatic N) is 2. The van der Waals surface area contributed by atoms with Gasteiger partial charge in [-0.25, -0.2) is 4.98 Å². The summed E-state index contributed by atoms with van der Waals surface area (Å²) in [6, 6.07) is 0.865. The summed E-state index contributed by atoms with van der Waals surface area (Å²) < 4.78 is 49.0. The zero-order chi connectivity index (χ0) is 15.2. The van der Waals surface area contributed by atoms with Gasteiger partial charge in [0.05, 0.1) is 0 Å². The second kappa shape index (κ2) is 7.41. The van der Waals surface area contributed by atoms with Crippen molar-refractivity contribution in [2.45, 2.75) is 19.5 Å². The van der Waals surface area contributed by atoms with Crippen LogP contribution in [0.2, 0.25) is 0 Å². The molecule has 0 aliphatic carbocycles. The van der Waals surface area contributed by atoms with Crippen LogP contribution in [0.25, 0.3) is 0 Å². The van der Waals surface area contributed by atoms with Crippen molar-refractivity contribution < 1.29 is 17.4 Å². The minimum atomic E-state index is -4.52. The van der Waals surface area contributed by atoms with Gasteiger partial charge in [0.25, 0.3) is 0 Å². The number of hydrogen-bond acceptors (Lipinski definition) is 5. The molecule has 0 fully saturated rings. The molecule has 2 N–H and O–H groups in total. The smallest absolute Gasteiger partial charge is 0.370 e. The maximum absolute atomic E-state index is 12.7. The van der Waals surface area contributed by atoms with Gasteiger partial charge in [0.15, 0.2) is 5.69 Å². The van der Waals surface area contributed by atoms with Crippen molar-refractivity contribution in [1.29, 1.82) is 0 Å². The van der Waals surface area contributed by atoms with Crippen LogP contribution in [-0.4, -0.2) is 39.3 Å². The second-order valence-electron chi connectivity index (χ2n) is 4.05. The van der Waals surface area contributed by atoms with Crippen LogP contribution in [-0.2, 0) is 17.0 Å². The van der Waals surface area contributed by atoms with E-state index in [4.69, 9.17) is 0 Å². The summed E-state index contributed by atoms with van der Waals surface area (Å²) in [5.41, 5.74) is -0.995. The maximum Gasteiger partial charge on any atom is 0.433 e. The Bertz CT molecular complexity index is 467. The quantitative estimate of drug-likeness (QED) is 0.755. The third-order valence-electron chi connectivity index (χ3n) is 2.27. The topological polar surface area (TPSA) is 66.9 Å². The van der Waals surface area contributed by atoms with Crippen LogP contribution < -0.4 is 10.6 Å². The molecule has 9 heteroatoms. The Hall–Kier alpha value is -1.38. The number of halogens is 3. The predicted molar refractivity (Wildman–Crippen MR) is 73.2 cm³/mol. The lowest BCUT2D eigenvalue weighted by Crippen LogP contribution is -2.15. The fourth-order valence-electron chi connectivity index (χ4n) is 1.41. The SMILES string of the molecule is CCNc1nc(NCCCS(C)=O)cc(C(F)(F)F)n1. The summed E-state index contributed by atoms with van der Waals surface area (Å²) in [7, 11) is -0.914. The molecule has 20 heavy (non-hydrogen) atoms. The van der Waals surface area contributed by atoms with E-state index in [-0.39, 0.29) is 11.8 Å². The van der Waals surface area contributed by atoms with Crippen molar-refractivity contribution in [3.63, 3.8) is 0 Å². The molecule has 0 radical (unpaired) electrons. The van der Waals surface area contributed by atoms with Crippen LogP contribution in [0, 0.1) is 0 Å². The summed E-state index contributed by atoms with van der Waals surface area (Å²) in [5.74, 6) is 0.527. The number of anilines is 2. The summed E-state index contributed by atoms with van der Waals surface area (Å²) in [6.45, 7) is 2.57. The molecule has 5 nitrogen and oxygen atoms in total.